The summed E-state index contributed by atoms with van der Waals surface area (Å²) in [5.41, 5.74) is 1.35. The fourth-order valence-electron chi connectivity index (χ4n) is 5.77. The van der Waals surface area contributed by atoms with Crippen molar-refractivity contribution in [2.45, 2.75) is 57.4 Å². The summed E-state index contributed by atoms with van der Waals surface area (Å²) in [6.07, 6.45) is 13.0. The fraction of sp³-hybridized carbons (Fsp3) is 0.824. The summed E-state index contributed by atoms with van der Waals surface area (Å²) < 4.78 is 2.10. The van der Waals surface area contributed by atoms with Gasteiger partial charge >= 0.3 is 5.69 Å². The third-order valence-corrected chi connectivity index (χ3v) is 6.50. The molecule has 20 heavy (non-hydrogen) atoms. The molecule has 5 aliphatic carbocycles. The van der Waals surface area contributed by atoms with Crippen LogP contribution in [0.1, 0.15) is 56.7 Å². The number of hydrogen-bond acceptors (Lipinski definition) is 1. The van der Waals surface area contributed by atoms with Crippen molar-refractivity contribution in [3.8, 4) is 0 Å². The maximum atomic E-state index is 12.4. The average Bonchev–Trinajstić information content (AvgIpc) is 3.12. The molecule has 4 bridgehead atoms. The summed E-state index contributed by atoms with van der Waals surface area (Å²) >= 11 is 0. The van der Waals surface area contributed by atoms with Crippen LogP contribution in [-0.2, 0) is 6.42 Å². The first-order valence-corrected chi connectivity index (χ1v) is 8.56. The van der Waals surface area contributed by atoms with Crippen LogP contribution < -0.4 is 5.69 Å². The fourth-order valence-corrected chi connectivity index (χ4v) is 5.77. The van der Waals surface area contributed by atoms with Crippen LogP contribution in [0.4, 0.5) is 0 Å². The lowest BCUT2D eigenvalue weighted by molar-refractivity contribution is -0.0303. The molecule has 1 N–H and O–H groups in total. The normalized spacial score (nSPS) is 42.3. The van der Waals surface area contributed by atoms with Crippen LogP contribution >= 0.6 is 0 Å². The van der Waals surface area contributed by atoms with Gasteiger partial charge < -0.3 is 4.98 Å². The molecule has 0 saturated heterocycles. The minimum absolute atomic E-state index is 0.165. The van der Waals surface area contributed by atoms with E-state index in [1.54, 1.807) is 0 Å². The van der Waals surface area contributed by atoms with E-state index in [2.05, 4.69) is 15.7 Å². The van der Waals surface area contributed by atoms with Gasteiger partial charge in [-0.1, -0.05) is 0 Å². The third-order valence-electron chi connectivity index (χ3n) is 6.50. The summed E-state index contributed by atoms with van der Waals surface area (Å²) in [4.78, 5) is 15.5. The van der Waals surface area contributed by atoms with E-state index in [1.165, 1.54) is 50.6 Å². The van der Waals surface area contributed by atoms with Gasteiger partial charge in [0, 0.05) is 17.9 Å². The van der Waals surface area contributed by atoms with E-state index < -0.39 is 0 Å². The third kappa shape index (κ3) is 1.74. The largest absolute Gasteiger partial charge is 0.325 e. The van der Waals surface area contributed by atoms with Gasteiger partial charge in [-0.2, -0.15) is 0 Å². The van der Waals surface area contributed by atoms with Crippen LogP contribution in [0.5, 0.6) is 0 Å². The number of nitrogens with one attached hydrogen (secondary N) is 1. The Balaban J connectivity index is 1.47. The van der Waals surface area contributed by atoms with Crippen molar-refractivity contribution in [2.24, 2.45) is 29.6 Å². The molecule has 3 nitrogen and oxygen atoms in total. The number of rotatable bonds is 3. The first-order chi connectivity index (χ1) is 9.76. The molecule has 1 aromatic rings. The smallest absolute Gasteiger partial charge is 0.310 e. The quantitative estimate of drug-likeness (QED) is 0.902. The molecule has 5 fully saturated rings. The Morgan fingerprint density at radius 2 is 1.70 bits per heavy atom. The summed E-state index contributed by atoms with van der Waals surface area (Å²) in [5.74, 6) is 4.38. The van der Waals surface area contributed by atoms with Crippen molar-refractivity contribution in [1.29, 1.82) is 0 Å². The highest BCUT2D eigenvalue weighted by Gasteiger charge is 2.49. The molecule has 0 spiro atoms. The van der Waals surface area contributed by atoms with Crippen LogP contribution in [-0.4, -0.2) is 9.55 Å². The van der Waals surface area contributed by atoms with E-state index in [1.807, 2.05) is 0 Å². The van der Waals surface area contributed by atoms with Crippen LogP contribution in [0.2, 0.25) is 0 Å². The first-order valence-electron chi connectivity index (χ1n) is 8.56. The van der Waals surface area contributed by atoms with Gasteiger partial charge in [-0.05, 0) is 81.0 Å². The van der Waals surface area contributed by atoms with Gasteiger partial charge in [0.05, 0.1) is 0 Å². The van der Waals surface area contributed by atoms with Crippen LogP contribution in [0.25, 0.3) is 0 Å². The molecule has 1 heterocycles. The van der Waals surface area contributed by atoms with Crippen molar-refractivity contribution >= 4 is 0 Å². The topological polar surface area (TPSA) is 37.8 Å². The Hall–Kier alpha value is -0.990. The van der Waals surface area contributed by atoms with Crippen molar-refractivity contribution in [1.82, 2.24) is 9.55 Å². The minimum atomic E-state index is 0.165. The van der Waals surface area contributed by atoms with Gasteiger partial charge in [0.15, 0.2) is 0 Å². The lowest BCUT2D eigenvalue weighted by atomic mass is 9.54. The van der Waals surface area contributed by atoms with Crippen LogP contribution in [0, 0.1) is 29.6 Å². The second kappa shape index (κ2) is 4.02. The predicted molar refractivity (Wildman–Crippen MR) is 77.6 cm³/mol. The van der Waals surface area contributed by atoms with E-state index in [0.717, 1.165) is 36.0 Å². The van der Waals surface area contributed by atoms with Gasteiger partial charge in [0.1, 0.15) is 0 Å². The van der Waals surface area contributed by atoms with E-state index >= 15 is 0 Å². The van der Waals surface area contributed by atoms with Crippen LogP contribution in [0.3, 0.4) is 0 Å². The second-order valence-electron chi connectivity index (χ2n) is 8.06. The molecule has 0 amide bonds. The summed E-state index contributed by atoms with van der Waals surface area (Å²) in [6.45, 7) is 0. The lowest BCUT2D eigenvalue weighted by Gasteiger charge is -2.54. The van der Waals surface area contributed by atoms with Gasteiger partial charge in [-0.15, -0.1) is 0 Å². The number of aromatic amines is 1. The lowest BCUT2D eigenvalue weighted by Crippen LogP contribution is -2.47. The maximum Gasteiger partial charge on any atom is 0.325 e. The highest BCUT2D eigenvalue weighted by molar-refractivity contribution is 5.07. The molecule has 5 aliphatic rings. The molecule has 108 valence electrons. The van der Waals surface area contributed by atoms with Crippen molar-refractivity contribution in [3.63, 3.8) is 0 Å². The Morgan fingerprint density at radius 1 is 1.05 bits per heavy atom. The molecule has 0 unspecified atom stereocenters. The summed E-state index contributed by atoms with van der Waals surface area (Å²) in [5, 5.41) is 0. The molecular formula is C17H24N2O. The van der Waals surface area contributed by atoms with Crippen molar-refractivity contribution in [2.75, 3.05) is 0 Å². The monoisotopic (exact) mass is 272 g/mol. The molecule has 0 aromatic carbocycles. The standard InChI is InChI=1S/C17H24N2O/c20-17-18-15(8-10-1-2-10)9-19(17)16-13-4-11-3-12(6-13)7-14(16)5-11/h9-14,16H,1-8H2,(H,18,20). The first kappa shape index (κ1) is 11.6. The van der Waals surface area contributed by atoms with E-state index in [-0.39, 0.29) is 5.69 Å². The molecule has 1 aromatic heterocycles. The minimum Gasteiger partial charge on any atom is -0.310 e. The van der Waals surface area contributed by atoms with Gasteiger partial charge in [0.2, 0.25) is 0 Å². The SMILES string of the molecule is O=c1[nH]c(CC2CC2)cn1C1C2CC3CC(C2)CC1C3. The Labute approximate surface area is 119 Å². The molecule has 5 saturated carbocycles. The molecule has 0 aliphatic heterocycles. The zero-order valence-electron chi connectivity index (χ0n) is 12.1. The zero-order chi connectivity index (χ0) is 13.3. The summed E-state index contributed by atoms with van der Waals surface area (Å²) in [7, 11) is 0. The Morgan fingerprint density at radius 3 is 2.30 bits per heavy atom. The number of imidazole rings is 1. The molecular weight excluding hydrogens is 248 g/mol. The van der Waals surface area contributed by atoms with E-state index in [0.29, 0.717) is 6.04 Å². The Kier molecular flexibility index (Phi) is 2.34. The zero-order valence-corrected chi connectivity index (χ0v) is 12.1. The van der Waals surface area contributed by atoms with E-state index in [4.69, 9.17) is 0 Å². The van der Waals surface area contributed by atoms with Crippen LogP contribution in [0.15, 0.2) is 11.0 Å². The molecule has 0 radical (unpaired) electrons. The molecule has 0 atom stereocenters. The number of aromatic nitrogens is 2. The molecule has 6 rings (SSSR count). The number of H-pyrrole nitrogens is 1. The van der Waals surface area contributed by atoms with E-state index in [9.17, 15) is 4.79 Å². The average molecular weight is 272 g/mol. The van der Waals surface area contributed by atoms with Gasteiger partial charge in [0.25, 0.3) is 0 Å². The highest BCUT2D eigenvalue weighted by Crippen LogP contribution is 2.57. The maximum absolute atomic E-state index is 12.4. The highest BCUT2D eigenvalue weighted by atomic mass is 16.1. The molecule has 3 heteroatoms. The van der Waals surface area contributed by atoms with Gasteiger partial charge in [-0.3, -0.25) is 4.57 Å². The number of hydrogen-bond donors (Lipinski definition) is 1. The van der Waals surface area contributed by atoms with Crippen molar-refractivity contribution in [3.05, 3.63) is 22.4 Å². The number of nitrogens with zero attached hydrogens (tertiary/aromatic N) is 1. The Bertz CT molecular complexity index is 552. The predicted octanol–water partition coefficient (Wildman–Crippen LogP) is 3.13. The summed E-state index contributed by atoms with van der Waals surface area (Å²) in [6, 6.07) is 0.513. The van der Waals surface area contributed by atoms with Crippen molar-refractivity contribution < 1.29 is 0 Å². The van der Waals surface area contributed by atoms with Gasteiger partial charge in [-0.25, -0.2) is 4.79 Å². The second-order valence-corrected chi connectivity index (χ2v) is 8.06.